The first kappa shape index (κ1) is 12.5. The first-order chi connectivity index (χ1) is 7.61. The van der Waals surface area contributed by atoms with E-state index in [1.165, 1.54) is 0 Å². The Morgan fingerprint density at radius 2 is 2.31 bits per heavy atom. The Balaban J connectivity index is 2.89. The van der Waals surface area contributed by atoms with Crippen molar-refractivity contribution in [3.63, 3.8) is 0 Å². The zero-order chi connectivity index (χ0) is 12.1. The summed E-state index contributed by atoms with van der Waals surface area (Å²) in [5, 5.41) is 8.90. The number of amides is 1. The molecule has 0 aliphatic rings. The summed E-state index contributed by atoms with van der Waals surface area (Å²) in [4.78, 5) is 13.7. The van der Waals surface area contributed by atoms with E-state index in [0.29, 0.717) is 18.8 Å². The van der Waals surface area contributed by atoms with Crippen LogP contribution in [0, 0.1) is 6.92 Å². The minimum atomic E-state index is -0.0791. The van der Waals surface area contributed by atoms with E-state index in [4.69, 9.17) is 5.11 Å². The van der Waals surface area contributed by atoms with E-state index in [1.54, 1.807) is 17.0 Å². The molecule has 0 bridgehead atoms. The van der Waals surface area contributed by atoms with E-state index in [2.05, 4.69) is 6.58 Å². The molecule has 4 heteroatoms. The molecule has 0 saturated carbocycles. The molecule has 88 valence electrons. The van der Waals surface area contributed by atoms with Gasteiger partial charge in [-0.25, -0.2) is 0 Å². The number of hydrogen-bond donors (Lipinski definition) is 1. The van der Waals surface area contributed by atoms with E-state index in [9.17, 15) is 4.79 Å². The fourth-order valence-corrected chi connectivity index (χ4v) is 1.54. The molecular weight excluding hydrogens is 204 g/mol. The van der Waals surface area contributed by atoms with Crippen molar-refractivity contribution >= 4 is 5.91 Å². The molecule has 16 heavy (non-hydrogen) atoms. The molecule has 0 spiro atoms. The summed E-state index contributed by atoms with van der Waals surface area (Å²) in [5.74, 6) is -0.0791. The highest BCUT2D eigenvalue weighted by atomic mass is 16.3. The van der Waals surface area contributed by atoms with Crippen molar-refractivity contribution in [1.82, 2.24) is 9.47 Å². The highest BCUT2D eigenvalue weighted by Gasteiger charge is 2.17. The maximum absolute atomic E-state index is 12.1. The molecule has 0 aliphatic heterocycles. The van der Waals surface area contributed by atoms with Gasteiger partial charge in [0.25, 0.3) is 5.91 Å². The summed E-state index contributed by atoms with van der Waals surface area (Å²) in [6.07, 6.45) is 1.66. The molecule has 1 aromatic rings. The van der Waals surface area contributed by atoms with E-state index < -0.39 is 0 Å². The summed E-state index contributed by atoms with van der Waals surface area (Å²) in [6, 6.07) is 3.70. The van der Waals surface area contributed by atoms with Crippen LogP contribution in [-0.2, 0) is 7.05 Å². The van der Waals surface area contributed by atoms with Crippen LogP contribution >= 0.6 is 0 Å². The number of aromatic nitrogens is 1. The Labute approximate surface area is 95.8 Å². The summed E-state index contributed by atoms with van der Waals surface area (Å²) in [7, 11) is 1.85. The Kier molecular flexibility index (Phi) is 4.31. The van der Waals surface area contributed by atoms with Crippen molar-refractivity contribution in [3.05, 3.63) is 36.2 Å². The lowest BCUT2D eigenvalue weighted by molar-refractivity contribution is 0.0733. The third-order valence-corrected chi connectivity index (χ3v) is 2.60. The maximum atomic E-state index is 12.1. The first-order valence-corrected chi connectivity index (χ1v) is 5.25. The van der Waals surface area contributed by atoms with Gasteiger partial charge in [0, 0.05) is 25.8 Å². The van der Waals surface area contributed by atoms with Gasteiger partial charge in [0.2, 0.25) is 0 Å². The molecular formula is C12H18N2O2. The van der Waals surface area contributed by atoms with Crippen molar-refractivity contribution in [3.8, 4) is 0 Å². The van der Waals surface area contributed by atoms with Crippen molar-refractivity contribution in [2.45, 2.75) is 6.92 Å². The number of aliphatic hydroxyl groups excluding tert-OH is 1. The Hall–Kier alpha value is -1.55. The minimum Gasteiger partial charge on any atom is -0.395 e. The van der Waals surface area contributed by atoms with Gasteiger partial charge in [-0.15, -0.1) is 6.58 Å². The van der Waals surface area contributed by atoms with Crippen molar-refractivity contribution in [2.24, 2.45) is 7.05 Å². The second kappa shape index (κ2) is 5.51. The monoisotopic (exact) mass is 222 g/mol. The second-order valence-corrected chi connectivity index (χ2v) is 3.68. The largest absolute Gasteiger partial charge is 0.395 e. The number of carbonyl (C=O) groups is 1. The highest BCUT2D eigenvalue weighted by molar-refractivity contribution is 5.93. The lowest BCUT2D eigenvalue weighted by Crippen LogP contribution is -2.34. The van der Waals surface area contributed by atoms with Crippen LogP contribution in [0.5, 0.6) is 0 Å². The zero-order valence-electron chi connectivity index (χ0n) is 9.81. The molecule has 4 nitrogen and oxygen atoms in total. The number of aliphatic hydroxyl groups is 1. The van der Waals surface area contributed by atoms with Gasteiger partial charge in [0.1, 0.15) is 5.69 Å². The van der Waals surface area contributed by atoms with Crippen molar-refractivity contribution < 1.29 is 9.90 Å². The minimum absolute atomic E-state index is 0.0387. The number of nitrogens with zero attached hydrogens (tertiary/aromatic N) is 2. The molecule has 0 saturated heterocycles. The average molecular weight is 222 g/mol. The molecule has 1 heterocycles. The maximum Gasteiger partial charge on any atom is 0.270 e. The van der Waals surface area contributed by atoms with Gasteiger partial charge < -0.3 is 14.6 Å². The van der Waals surface area contributed by atoms with Gasteiger partial charge in [0.15, 0.2) is 0 Å². The van der Waals surface area contributed by atoms with E-state index >= 15 is 0 Å². The summed E-state index contributed by atoms with van der Waals surface area (Å²) < 4.78 is 1.84. The number of rotatable bonds is 5. The van der Waals surface area contributed by atoms with Crippen LogP contribution in [0.1, 0.15) is 16.2 Å². The second-order valence-electron chi connectivity index (χ2n) is 3.68. The van der Waals surface area contributed by atoms with E-state index in [1.807, 2.05) is 24.6 Å². The summed E-state index contributed by atoms with van der Waals surface area (Å²) in [6.45, 7) is 6.29. The van der Waals surface area contributed by atoms with Gasteiger partial charge in [0.05, 0.1) is 6.61 Å². The molecule has 1 amide bonds. The molecule has 1 rings (SSSR count). The Morgan fingerprint density at radius 3 is 2.75 bits per heavy atom. The van der Waals surface area contributed by atoms with Crippen LogP contribution in [0.2, 0.25) is 0 Å². The third kappa shape index (κ3) is 2.52. The third-order valence-electron chi connectivity index (χ3n) is 2.60. The first-order valence-electron chi connectivity index (χ1n) is 5.25. The van der Waals surface area contributed by atoms with Crippen LogP contribution in [0.4, 0.5) is 0 Å². The normalized spacial score (nSPS) is 10.2. The number of carbonyl (C=O) groups excluding carboxylic acids is 1. The van der Waals surface area contributed by atoms with Crippen molar-refractivity contribution in [2.75, 3.05) is 19.7 Å². The van der Waals surface area contributed by atoms with Gasteiger partial charge >= 0.3 is 0 Å². The average Bonchev–Trinajstić information content (AvgIpc) is 2.59. The SMILES string of the molecule is C=CCN(CCO)C(=O)c1ccc(C)n1C. The smallest absolute Gasteiger partial charge is 0.270 e. The van der Waals surface area contributed by atoms with Crippen molar-refractivity contribution in [1.29, 1.82) is 0 Å². The lowest BCUT2D eigenvalue weighted by atomic mass is 10.3. The van der Waals surface area contributed by atoms with Gasteiger partial charge in [-0.05, 0) is 19.1 Å². The molecule has 0 fully saturated rings. The highest BCUT2D eigenvalue weighted by Crippen LogP contribution is 2.09. The van der Waals surface area contributed by atoms with Crippen LogP contribution in [-0.4, -0.2) is 40.2 Å². The molecule has 1 aromatic heterocycles. The fourth-order valence-electron chi connectivity index (χ4n) is 1.54. The van der Waals surface area contributed by atoms with Gasteiger partial charge in [-0.3, -0.25) is 4.79 Å². The lowest BCUT2D eigenvalue weighted by Gasteiger charge is -2.20. The predicted molar refractivity (Wildman–Crippen MR) is 63.3 cm³/mol. The Morgan fingerprint density at radius 1 is 1.62 bits per heavy atom. The zero-order valence-corrected chi connectivity index (χ0v) is 9.81. The molecule has 1 N–H and O–H groups in total. The number of hydrogen-bond acceptors (Lipinski definition) is 2. The van der Waals surface area contributed by atoms with E-state index in [-0.39, 0.29) is 12.5 Å². The van der Waals surface area contributed by atoms with Crippen LogP contribution < -0.4 is 0 Å². The van der Waals surface area contributed by atoms with Crippen LogP contribution in [0.25, 0.3) is 0 Å². The quantitative estimate of drug-likeness (QED) is 0.754. The molecule has 0 atom stereocenters. The number of aryl methyl sites for hydroxylation is 1. The van der Waals surface area contributed by atoms with E-state index in [0.717, 1.165) is 5.69 Å². The van der Waals surface area contributed by atoms with Gasteiger partial charge in [-0.1, -0.05) is 6.08 Å². The summed E-state index contributed by atoms with van der Waals surface area (Å²) >= 11 is 0. The predicted octanol–water partition coefficient (Wildman–Crippen LogP) is 0.954. The fraction of sp³-hybridized carbons (Fsp3) is 0.417. The molecule has 0 unspecified atom stereocenters. The Bertz CT molecular complexity index is 382. The topological polar surface area (TPSA) is 45.5 Å². The molecule has 0 radical (unpaired) electrons. The standard InChI is InChI=1S/C12H18N2O2/c1-4-7-14(8-9-15)12(16)11-6-5-10(2)13(11)3/h4-6,15H,1,7-9H2,2-3H3. The molecule has 0 aromatic carbocycles. The van der Waals surface area contributed by atoms with Gasteiger partial charge in [-0.2, -0.15) is 0 Å². The summed E-state index contributed by atoms with van der Waals surface area (Å²) in [5.41, 5.74) is 1.67. The molecule has 0 aliphatic carbocycles. The van der Waals surface area contributed by atoms with Crippen LogP contribution in [0.3, 0.4) is 0 Å². The van der Waals surface area contributed by atoms with Crippen LogP contribution in [0.15, 0.2) is 24.8 Å².